The van der Waals surface area contributed by atoms with Gasteiger partial charge < -0.3 is 16.0 Å². The first kappa shape index (κ1) is 29.4. The molecule has 0 bridgehead atoms. The van der Waals surface area contributed by atoms with E-state index in [9.17, 15) is 9.59 Å². The second kappa shape index (κ2) is 13.6. The van der Waals surface area contributed by atoms with Crippen LogP contribution >= 0.6 is 36.4 Å². The number of carbonyl (C=O) groups is 2. The summed E-state index contributed by atoms with van der Waals surface area (Å²) >= 11 is 6.31. The number of hydrogen-bond donors (Lipinski definition) is 3. The zero-order valence-electron chi connectivity index (χ0n) is 20.8. The van der Waals surface area contributed by atoms with Crippen LogP contribution in [0.4, 0.5) is 5.82 Å². The Morgan fingerprint density at radius 3 is 2.43 bits per heavy atom. The standard InChI is InChI=1S/C26H33ClN6O2.2ClH/c27-16-11-12-19-18(15-16)24(33-25(30-19)26(35)28-17-7-3-1-2-4-8-17)31-21-10-6-5-9-20(21)29-22-13-14-23(34)32-22;;/h11-12,15,17,20-21H,1-10,13-14H2,(H,28,35)(H,29,32,34)(H,30,31,33);2*1H/t20-,21+;;/m1../s1. The number of aliphatic imine (C=N–C) groups is 1. The lowest BCUT2D eigenvalue weighted by Gasteiger charge is -2.30. The molecule has 2 heterocycles. The molecule has 0 unspecified atom stereocenters. The molecule has 3 N–H and O–H groups in total. The number of aromatic nitrogens is 2. The maximum atomic E-state index is 13.2. The third-order valence-corrected chi connectivity index (χ3v) is 7.53. The van der Waals surface area contributed by atoms with Gasteiger partial charge in [0.05, 0.1) is 11.6 Å². The van der Waals surface area contributed by atoms with Gasteiger partial charge in [0.15, 0.2) is 0 Å². The van der Waals surface area contributed by atoms with Gasteiger partial charge in [0.25, 0.3) is 5.91 Å². The molecule has 5 rings (SSSR count). The normalized spacial score (nSPS) is 23.5. The molecule has 8 nitrogen and oxygen atoms in total. The highest BCUT2D eigenvalue weighted by molar-refractivity contribution is 6.31. The van der Waals surface area contributed by atoms with Crippen molar-refractivity contribution in [1.82, 2.24) is 20.6 Å². The Labute approximate surface area is 235 Å². The van der Waals surface area contributed by atoms with Gasteiger partial charge >= 0.3 is 0 Å². The average molecular weight is 570 g/mol. The number of anilines is 1. The number of carbonyl (C=O) groups excluding carboxylic acids is 2. The maximum absolute atomic E-state index is 13.2. The zero-order valence-corrected chi connectivity index (χ0v) is 23.2. The Morgan fingerprint density at radius 1 is 0.973 bits per heavy atom. The van der Waals surface area contributed by atoms with Crippen molar-refractivity contribution in [3.8, 4) is 0 Å². The largest absolute Gasteiger partial charge is 0.365 e. The molecule has 3 aliphatic rings. The molecule has 2 amide bonds. The molecule has 2 atom stereocenters. The molecular weight excluding hydrogens is 535 g/mol. The van der Waals surface area contributed by atoms with Gasteiger partial charge in [-0.15, -0.1) is 24.8 Å². The summed E-state index contributed by atoms with van der Waals surface area (Å²) in [6.07, 6.45) is 12.0. The van der Waals surface area contributed by atoms with Crippen LogP contribution in [-0.2, 0) is 4.79 Å². The van der Waals surface area contributed by atoms with Gasteiger partial charge in [0.1, 0.15) is 11.7 Å². The van der Waals surface area contributed by atoms with Crippen LogP contribution in [-0.4, -0.2) is 45.7 Å². The Morgan fingerprint density at radius 2 is 1.70 bits per heavy atom. The third-order valence-electron chi connectivity index (χ3n) is 7.30. The molecule has 2 saturated carbocycles. The minimum atomic E-state index is -0.231. The monoisotopic (exact) mass is 568 g/mol. The van der Waals surface area contributed by atoms with Crippen LogP contribution in [0.2, 0.25) is 5.02 Å². The second-order valence-electron chi connectivity index (χ2n) is 9.95. The first-order chi connectivity index (χ1) is 17.0. The van der Waals surface area contributed by atoms with Crippen molar-refractivity contribution in [2.45, 2.75) is 95.2 Å². The Balaban J connectivity index is 0.00000190. The lowest BCUT2D eigenvalue weighted by Crippen LogP contribution is -2.38. The van der Waals surface area contributed by atoms with E-state index in [2.05, 4.69) is 20.9 Å². The Kier molecular flexibility index (Phi) is 10.8. The summed E-state index contributed by atoms with van der Waals surface area (Å²) in [5.74, 6) is 1.35. The predicted molar refractivity (Wildman–Crippen MR) is 152 cm³/mol. The highest BCUT2D eigenvalue weighted by Crippen LogP contribution is 2.29. The highest BCUT2D eigenvalue weighted by atomic mass is 35.5. The number of amidine groups is 1. The van der Waals surface area contributed by atoms with Crippen LogP contribution in [0.15, 0.2) is 23.2 Å². The van der Waals surface area contributed by atoms with Crippen molar-refractivity contribution in [1.29, 1.82) is 0 Å². The van der Waals surface area contributed by atoms with E-state index in [0.29, 0.717) is 29.2 Å². The van der Waals surface area contributed by atoms with Gasteiger partial charge in [-0.2, -0.15) is 0 Å². The molecule has 2 aromatic rings. The molecule has 2 aliphatic carbocycles. The quantitative estimate of drug-likeness (QED) is 0.406. The van der Waals surface area contributed by atoms with Crippen LogP contribution in [0.25, 0.3) is 10.9 Å². The lowest BCUT2D eigenvalue weighted by molar-refractivity contribution is -0.118. The number of benzene rings is 1. The predicted octanol–water partition coefficient (Wildman–Crippen LogP) is 5.61. The molecule has 1 aromatic heterocycles. The van der Waals surface area contributed by atoms with E-state index in [1.54, 1.807) is 6.07 Å². The number of amides is 2. The first-order valence-corrected chi connectivity index (χ1v) is 13.3. The number of nitrogens with zero attached hydrogens (tertiary/aromatic N) is 3. The number of nitrogens with one attached hydrogen (secondary N) is 3. The summed E-state index contributed by atoms with van der Waals surface area (Å²) < 4.78 is 0. The van der Waals surface area contributed by atoms with Crippen molar-refractivity contribution in [2.75, 3.05) is 5.32 Å². The van der Waals surface area contributed by atoms with E-state index >= 15 is 0 Å². The van der Waals surface area contributed by atoms with E-state index in [0.717, 1.165) is 62.6 Å². The molecule has 1 saturated heterocycles. The maximum Gasteiger partial charge on any atom is 0.289 e. The molecule has 11 heteroatoms. The first-order valence-electron chi connectivity index (χ1n) is 13.0. The van der Waals surface area contributed by atoms with Crippen LogP contribution in [0.1, 0.15) is 87.7 Å². The molecule has 202 valence electrons. The third kappa shape index (κ3) is 7.45. The number of hydrogen-bond acceptors (Lipinski definition) is 6. The highest BCUT2D eigenvalue weighted by Gasteiger charge is 2.28. The zero-order chi connectivity index (χ0) is 24.2. The van der Waals surface area contributed by atoms with Crippen molar-refractivity contribution in [2.24, 2.45) is 4.99 Å². The fourth-order valence-corrected chi connectivity index (χ4v) is 5.58. The number of halogens is 3. The van der Waals surface area contributed by atoms with Crippen LogP contribution < -0.4 is 16.0 Å². The van der Waals surface area contributed by atoms with E-state index in [4.69, 9.17) is 21.6 Å². The topological polar surface area (TPSA) is 108 Å². The SMILES string of the molecule is Cl.Cl.O=C1CCC(=N[C@@H]2CCCC[C@@H]2Nc2nc(C(=O)NC3CCCCCC3)nc3ccc(Cl)cc23)N1. The van der Waals surface area contributed by atoms with Crippen molar-refractivity contribution < 1.29 is 9.59 Å². The van der Waals surface area contributed by atoms with Gasteiger partial charge in [-0.25, -0.2) is 9.97 Å². The molecule has 3 fully saturated rings. The summed E-state index contributed by atoms with van der Waals surface area (Å²) in [6.45, 7) is 0. The van der Waals surface area contributed by atoms with Gasteiger partial charge in [-0.1, -0.05) is 50.1 Å². The van der Waals surface area contributed by atoms with Crippen molar-refractivity contribution >= 4 is 70.8 Å². The molecule has 37 heavy (non-hydrogen) atoms. The molecule has 1 aliphatic heterocycles. The molecule has 0 spiro atoms. The van der Waals surface area contributed by atoms with E-state index in [1.165, 1.54) is 12.8 Å². The lowest BCUT2D eigenvalue weighted by atomic mass is 9.90. The van der Waals surface area contributed by atoms with Gasteiger partial charge in [-0.05, 0) is 43.9 Å². The van der Waals surface area contributed by atoms with Crippen LogP contribution in [0.3, 0.4) is 0 Å². The van der Waals surface area contributed by atoms with Gasteiger partial charge in [-0.3, -0.25) is 14.6 Å². The smallest absolute Gasteiger partial charge is 0.289 e. The van der Waals surface area contributed by atoms with Crippen molar-refractivity contribution in [3.63, 3.8) is 0 Å². The molecule has 1 aromatic carbocycles. The fourth-order valence-electron chi connectivity index (χ4n) is 5.41. The molecule has 0 radical (unpaired) electrons. The van der Waals surface area contributed by atoms with E-state index in [1.807, 2.05) is 12.1 Å². The summed E-state index contributed by atoms with van der Waals surface area (Å²) in [5.41, 5.74) is 0.680. The summed E-state index contributed by atoms with van der Waals surface area (Å²) in [6, 6.07) is 5.71. The summed E-state index contributed by atoms with van der Waals surface area (Å²) in [5, 5.41) is 11.0. The Bertz CT molecular complexity index is 1140. The van der Waals surface area contributed by atoms with E-state index < -0.39 is 0 Å². The van der Waals surface area contributed by atoms with Gasteiger partial charge in [0.2, 0.25) is 11.7 Å². The average Bonchev–Trinajstić information content (AvgIpc) is 3.09. The van der Waals surface area contributed by atoms with E-state index in [-0.39, 0.29) is 60.6 Å². The second-order valence-corrected chi connectivity index (χ2v) is 10.4. The minimum absolute atomic E-state index is 0. The van der Waals surface area contributed by atoms with Crippen LogP contribution in [0, 0.1) is 0 Å². The van der Waals surface area contributed by atoms with Crippen LogP contribution in [0.5, 0.6) is 0 Å². The fraction of sp³-hybridized carbons (Fsp3) is 0.577. The number of rotatable bonds is 5. The minimum Gasteiger partial charge on any atom is -0.365 e. The van der Waals surface area contributed by atoms with Gasteiger partial charge in [0, 0.05) is 35.3 Å². The van der Waals surface area contributed by atoms with Crippen molar-refractivity contribution in [3.05, 3.63) is 29.0 Å². The summed E-state index contributed by atoms with van der Waals surface area (Å²) in [4.78, 5) is 38.9. The Hall–Kier alpha value is -2.16. The number of fused-ring (bicyclic) bond motifs is 1. The summed E-state index contributed by atoms with van der Waals surface area (Å²) in [7, 11) is 0. The molecular formula is C26H35Cl3N6O2.